The molecule has 1 aliphatic rings. The standard InChI is InChI=1S/C8H16N/c1-8(2)9-6-4-3-5-7-9/h6,8H,3-5,7H2,1-2H3/q+1/i7+1. The molecular formula is C8H16N+. The molecule has 1 nitrogen and oxygen atoms in total. The minimum absolute atomic E-state index is 0.713. The SMILES string of the molecule is CC(C)[N+]1=CCCC[13CH2]1. The zero-order chi connectivity index (χ0) is 6.69. The highest BCUT2D eigenvalue weighted by Gasteiger charge is 2.11. The summed E-state index contributed by atoms with van der Waals surface area (Å²) in [6.07, 6.45) is 6.41. The lowest BCUT2D eigenvalue weighted by Crippen LogP contribution is -2.25. The molecule has 0 bridgehead atoms. The zero-order valence-electron chi connectivity index (χ0n) is 6.43. The second kappa shape index (κ2) is 3.00. The van der Waals surface area contributed by atoms with Gasteiger partial charge in [0.1, 0.15) is 18.8 Å². The third-order valence-corrected chi connectivity index (χ3v) is 1.90. The molecule has 0 fully saturated rings. The molecular weight excluding hydrogens is 111 g/mol. The molecule has 0 aliphatic carbocycles. The molecule has 1 heteroatoms. The maximum atomic E-state index is 2.43. The summed E-state index contributed by atoms with van der Waals surface area (Å²) in [6, 6.07) is 0.713. The first-order chi connectivity index (χ1) is 4.30. The highest BCUT2D eigenvalue weighted by molar-refractivity contribution is 5.51. The predicted octanol–water partition coefficient (Wildman–Crippen LogP) is 1.66. The Morgan fingerprint density at radius 1 is 1.33 bits per heavy atom. The summed E-state index contributed by atoms with van der Waals surface area (Å²) in [4.78, 5) is 0. The van der Waals surface area contributed by atoms with Gasteiger partial charge in [-0.15, -0.1) is 0 Å². The van der Waals surface area contributed by atoms with Gasteiger partial charge in [-0.05, 0) is 20.3 Å². The van der Waals surface area contributed by atoms with E-state index in [1.807, 2.05) is 0 Å². The molecule has 0 saturated heterocycles. The molecule has 52 valence electrons. The molecule has 9 heavy (non-hydrogen) atoms. The van der Waals surface area contributed by atoms with Gasteiger partial charge in [0.2, 0.25) is 0 Å². The fourth-order valence-electron chi connectivity index (χ4n) is 1.26. The lowest BCUT2D eigenvalue weighted by Gasteiger charge is -2.10. The van der Waals surface area contributed by atoms with E-state index in [1.165, 1.54) is 25.8 Å². The molecule has 0 aromatic carbocycles. The Labute approximate surface area is 57.4 Å². The van der Waals surface area contributed by atoms with Gasteiger partial charge in [0.25, 0.3) is 0 Å². The van der Waals surface area contributed by atoms with E-state index in [0.717, 1.165) is 0 Å². The predicted molar refractivity (Wildman–Crippen MR) is 40.2 cm³/mol. The largest absolute Gasteiger partial charge is 0.238 e. The Balaban J connectivity index is 2.46. The lowest BCUT2D eigenvalue weighted by atomic mass is 10.2. The Morgan fingerprint density at radius 2 is 2.11 bits per heavy atom. The Bertz CT molecular complexity index is 114. The highest BCUT2D eigenvalue weighted by Crippen LogP contribution is 2.02. The summed E-state index contributed by atoms with van der Waals surface area (Å²) in [6.45, 7) is 5.78. The summed E-state index contributed by atoms with van der Waals surface area (Å²) >= 11 is 0. The van der Waals surface area contributed by atoms with Crippen molar-refractivity contribution in [3.63, 3.8) is 0 Å². The molecule has 0 amide bonds. The quantitative estimate of drug-likeness (QED) is 0.372. The van der Waals surface area contributed by atoms with Crippen molar-refractivity contribution in [2.24, 2.45) is 0 Å². The number of rotatable bonds is 1. The van der Waals surface area contributed by atoms with Crippen molar-refractivity contribution in [2.45, 2.75) is 39.2 Å². The second-order valence-corrected chi connectivity index (χ2v) is 3.01. The van der Waals surface area contributed by atoms with Crippen molar-refractivity contribution in [3.8, 4) is 0 Å². The smallest absolute Gasteiger partial charge is 0.146 e. The van der Waals surface area contributed by atoms with Crippen LogP contribution in [0.1, 0.15) is 33.1 Å². The average Bonchev–Trinajstić information content (AvgIpc) is 1.90. The molecule has 1 heterocycles. The fourth-order valence-corrected chi connectivity index (χ4v) is 1.26. The minimum atomic E-state index is 0.713. The van der Waals surface area contributed by atoms with Crippen LogP contribution < -0.4 is 0 Å². The molecule has 1 rings (SSSR count). The molecule has 0 unspecified atom stereocenters. The number of nitrogens with zero attached hydrogens (tertiary/aromatic N) is 1. The first kappa shape index (κ1) is 6.79. The Morgan fingerprint density at radius 3 is 2.44 bits per heavy atom. The van der Waals surface area contributed by atoms with Crippen LogP contribution in [0, 0.1) is 0 Å². The number of hydrogen-bond acceptors (Lipinski definition) is 0. The maximum absolute atomic E-state index is 2.43. The van der Waals surface area contributed by atoms with Crippen molar-refractivity contribution >= 4 is 6.21 Å². The van der Waals surface area contributed by atoms with Crippen LogP contribution >= 0.6 is 0 Å². The first-order valence-corrected chi connectivity index (χ1v) is 3.90. The van der Waals surface area contributed by atoms with Crippen molar-refractivity contribution in [2.75, 3.05) is 6.54 Å². The van der Waals surface area contributed by atoms with Gasteiger partial charge in [0, 0.05) is 12.8 Å². The van der Waals surface area contributed by atoms with E-state index in [4.69, 9.17) is 0 Å². The fraction of sp³-hybridized carbons (Fsp3) is 0.875. The number of hydrogen-bond donors (Lipinski definition) is 0. The van der Waals surface area contributed by atoms with Crippen molar-refractivity contribution in [3.05, 3.63) is 0 Å². The summed E-state index contributed by atoms with van der Waals surface area (Å²) < 4.78 is 2.43. The van der Waals surface area contributed by atoms with Crippen molar-refractivity contribution in [1.82, 2.24) is 0 Å². The van der Waals surface area contributed by atoms with Gasteiger partial charge >= 0.3 is 0 Å². The molecule has 0 N–H and O–H groups in total. The van der Waals surface area contributed by atoms with E-state index in [0.29, 0.717) is 6.04 Å². The van der Waals surface area contributed by atoms with Crippen LogP contribution in [0.3, 0.4) is 0 Å². The minimum Gasteiger partial charge on any atom is -0.238 e. The van der Waals surface area contributed by atoms with Crippen LogP contribution in [-0.4, -0.2) is 23.4 Å². The summed E-state index contributed by atoms with van der Waals surface area (Å²) in [5, 5.41) is 0. The van der Waals surface area contributed by atoms with E-state index in [-0.39, 0.29) is 0 Å². The third-order valence-electron chi connectivity index (χ3n) is 1.90. The monoisotopic (exact) mass is 127 g/mol. The average molecular weight is 127 g/mol. The lowest BCUT2D eigenvalue weighted by molar-refractivity contribution is -0.558. The molecule has 1 aliphatic heterocycles. The van der Waals surface area contributed by atoms with Gasteiger partial charge in [-0.1, -0.05) is 0 Å². The van der Waals surface area contributed by atoms with Crippen LogP contribution in [-0.2, 0) is 0 Å². The molecule has 0 aromatic heterocycles. The normalized spacial score (nSPS) is 20.1. The molecule has 0 aromatic rings. The Hall–Kier alpha value is -0.330. The highest BCUT2D eigenvalue weighted by atomic mass is 15.2. The summed E-state index contributed by atoms with van der Waals surface area (Å²) in [5.41, 5.74) is 0. The first-order valence-electron chi connectivity index (χ1n) is 3.90. The maximum Gasteiger partial charge on any atom is 0.146 e. The van der Waals surface area contributed by atoms with Crippen LogP contribution in [0.4, 0.5) is 0 Å². The Kier molecular flexibility index (Phi) is 2.26. The zero-order valence-corrected chi connectivity index (χ0v) is 6.43. The molecule has 0 saturated carbocycles. The topological polar surface area (TPSA) is 3.01 Å². The van der Waals surface area contributed by atoms with Gasteiger partial charge in [-0.2, -0.15) is 0 Å². The van der Waals surface area contributed by atoms with Crippen LogP contribution in [0.2, 0.25) is 0 Å². The van der Waals surface area contributed by atoms with E-state index >= 15 is 0 Å². The van der Waals surface area contributed by atoms with Gasteiger partial charge in [-0.3, -0.25) is 0 Å². The second-order valence-electron chi connectivity index (χ2n) is 3.01. The molecule has 0 spiro atoms. The summed E-state index contributed by atoms with van der Waals surface area (Å²) in [7, 11) is 0. The van der Waals surface area contributed by atoms with Gasteiger partial charge in [-0.25, -0.2) is 4.58 Å². The van der Waals surface area contributed by atoms with Crippen LogP contribution in [0.25, 0.3) is 0 Å². The van der Waals surface area contributed by atoms with E-state index in [9.17, 15) is 0 Å². The van der Waals surface area contributed by atoms with E-state index in [1.54, 1.807) is 0 Å². The van der Waals surface area contributed by atoms with Gasteiger partial charge in [0.05, 0.1) is 0 Å². The van der Waals surface area contributed by atoms with Crippen LogP contribution in [0.5, 0.6) is 0 Å². The molecule has 0 radical (unpaired) electrons. The third kappa shape index (κ3) is 1.81. The van der Waals surface area contributed by atoms with Gasteiger partial charge < -0.3 is 0 Å². The van der Waals surface area contributed by atoms with Gasteiger partial charge in [0.15, 0.2) is 0 Å². The van der Waals surface area contributed by atoms with E-state index in [2.05, 4.69) is 24.6 Å². The molecule has 0 atom stereocenters. The van der Waals surface area contributed by atoms with Crippen molar-refractivity contribution in [1.29, 1.82) is 0 Å². The summed E-state index contributed by atoms with van der Waals surface area (Å²) in [5.74, 6) is 0. The van der Waals surface area contributed by atoms with Crippen LogP contribution in [0.15, 0.2) is 0 Å². The van der Waals surface area contributed by atoms with E-state index < -0.39 is 0 Å². The van der Waals surface area contributed by atoms with Crippen molar-refractivity contribution < 1.29 is 4.58 Å².